The van der Waals surface area contributed by atoms with Gasteiger partial charge >= 0.3 is 0 Å². The minimum Gasteiger partial charge on any atom is -0.507 e. The van der Waals surface area contributed by atoms with Crippen LogP contribution in [-0.4, -0.2) is 16.0 Å². The maximum absolute atomic E-state index is 11.0. The number of nitrogens with zero attached hydrogens (tertiary/aromatic N) is 1. The largest absolute Gasteiger partial charge is 0.507 e. The van der Waals surface area contributed by atoms with Crippen LogP contribution >= 0.6 is 0 Å². The van der Waals surface area contributed by atoms with E-state index >= 15 is 0 Å². The standard InChI is InChI=1S/C21H17NO2/c23-14-16-13-15(9-10-21(16)24)11-12-22-19-7-3-1-5-17(19)18-6-2-4-8-20(18)22/h1-10,13-14,24H,11-12H2. The van der Waals surface area contributed by atoms with E-state index in [1.165, 1.54) is 21.8 Å². The highest BCUT2D eigenvalue weighted by molar-refractivity contribution is 6.07. The van der Waals surface area contributed by atoms with Crippen LogP contribution in [0.5, 0.6) is 5.75 Å². The van der Waals surface area contributed by atoms with E-state index in [4.69, 9.17) is 0 Å². The van der Waals surface area contributed by atoms with Crippen molar-refractivity contribution in [3.8, 4) is 5.75 Å². The molecule has 3 aromatic carbocycles. The van der Waals surface area contributed by atoms with Crippen LogP contribution in [0.2, 0.25) is 0 Å². The maximum Gasteiger partial charge on any atom is 0.153 e. The van der Waals surface area contributed by atoms with Gasteiger partial charge < -0.3 is 9.67 Å². The van der Waals surface area contributed by atoms with Gasteiger partial charge in [-0.15, -0.1) is 0 Å². The lowest BCUT2D eigenvalue weighted by Crippen LogP contribution is -2.01. The quantitative estimate of drug-likeness (QED) is 0.561. The molecule has 0 atom stereocenters. The molecule has 1 N–H and O–H groups in total. The minimum atomic E-state index is 0.0330. The smallest absolute Gasteiger partial charge is 0.153 e. The Morgan fingerprint density at radius 2 is 1.50 bits per heavy atom. The number of hydrogen-bond donors (Lipinski definition) is 1. The molecular weight excluding hydrogens is 298 g/mol. The second-order valence-electron chi connectivity index (χ2n) is 5.95. The van der Waals surface area contributed by atoms with Gasteiger partial charge in [-0.05, 0) is 36.2 Å². The molecule has 1 aromatic heterocycles. The average Bonchev–Trinajstić information content (AvgIpc) is 2.95. The van der Waals surface area contributed by atoms with Gasteiger partial charge in [0.25, 0.3) is 0 Å². The van der Waals surface area contributed by atoms with E-state index in [0.29, 0.717) is 11.8 Å². The summed E-state index contributed by atoms with van der Waals surface area (Å²) in [6.07, 6.45) is 1.49. The van der Waals surface area contributed by atoms with Crippen molar-refractivity contribution in [2.24, 2.45) is 0 Å². The Bertz CT molecular complexity index is 993. The number of aryl methyl sites for hydroxylation is 2. The monoisotopic (exact) mass is 315 g/mol. The molecule has 1 heterocycles. The molecule has 0 fully saturated rings. The van der Waals surface area contributed by atoms with Crippen molar-refractivity contribution in [3.63, 3.8) is 0 Å². The van der Waals surface area contributed by atoms with Crippen molar-refractivity contribution >= 4 is 28.1 Å². The Labute approximate surface area is 139 Å². The van der Waals surface area contributed by atoms with Gasteiger partial charge in [0.1, 0.15) is 5.75 Å². The van der Waals surface area contributed by atoms with Crippen molar-refractivity contribution in [1.29, 1.82) is 0 Å². The fourth-order valence-corrected chi connectivity index (χ4v) is 3.34. The summed E-state index contributed by atoms with van der Waals surface area (Å²) in [5.74, 6) is 0.0330. The molecule has 0 unspecified atom stereocenters. The summed E-state index contributed by atoms with van der Waals surface area (Å²) < 4.78 is 2.32. The van der Waals surface area contributed by atoms with Crippen LogP contribution in [0.4, 0.5) is 0 Å². The highest BCUT2D eigenvalue weighted by Gasteiger charge is 2.10. The van der Waals surface area contributed by atoms with Crippen LogP contribution in [0.25, 0.3) is 21.8 Å². The van der Waals surface area contributed by atoms with Crippen LogP contribution in [0.15, 0.2) is 66.7 Å². The van der Waals surface area contributed by atoms with E-state index in [9.17, 15) is 9.90 Å². The number of aldehydes is 1. The lowest BCUT2D eigenvalue weighted by molar-refractivity contribution is 0.112. The van der Waals surface area contributed by atoms with Gasteiger partial charge in [-0.3, -0.25) is 4.79 Å². The Kier molecular flexibility index (Phi) is 3.54. The molecule has 0 saturated carbocycles. The molecule has 24 heavy (non-hydrogen) atoms. The fraction of sp³-hybridized carbons (Fsp3) is 0.0952. The van der Waals surface area contributed by atoms with Gasteiger partial charge in [-0.1, -0.05) is 42.5 Å². The van der Waals surface area contributed by atoms with Crippen molar-refractivity contribution in [3.05, 3.63) is 77.9 Å². The maximum atomic E-state index is 11.0. The van der Waals surface area contributed by atoms with E-state index < -0.39 is 0 Å². The molecule has 4 aromatic rings. The van der Waals surface area contributed by atoms with Crippen LogP contribution in [-0.2, 0) is 13.0 Å². The summed E-state index contributed by atoms with van der Waals surface area (Å²) in [6.45, 7) is 0.817. The zero-order valence-electron chi connectivity index (χ0n) is 13.1. The van der Waals surface area contributed by atoms with Crippen molar-refractivity contribution < 1.29 is 9.90 Å². The Morgan fingerprint density at radius 1 is 0.875 bits per heavy atom. The van der Waals surface area contributed by atoms with Crippen molar-refractivity contribution in [2.75, 3.05) is 0 Å². The number of carbonyl (C=O) groups excluding carboxylic acids is 1. The second-order valence-corrected chi connectivity index (χ2v) is 5.95. The Hall–Kier alpha value is -3.07. The predicted molar refractivity (Wildman–Crippen MR) is 96.6 cm³/mol. The summed E-state index contributed by atoms with van der Waals surface area (Å²) in [5, 5.41) is 12.1. The molecule has 0 bridgehead atoms. The molecule has 3 nitrogen and oxygen atoms in total. The fourth-order valence-electron chi connectivity index (χ4n) is 3.34. The van der Waals surface area contributed by atoms with Crippen LogP contribution < -0.4 is 0 Å². The molecule has 0 aliphatic heterocycles. The van der Waals surface area contributed by atoms with Gasteiger partial charge in [-0.2, -0.15) is 0 Å². The van der Waals surface area contributed by atoms with Gasteiger partial charge in [0.2, 0.25) is 0 Å². The topological polar surface area (TPSA) is 42.2 Å². The van der Waals surface area contributed by atoms with Gasteiger partial charge in [0.15, 0.2) is 6.29 Å². The number of hydrogen-bond acceptors (Lipinski definition) is 2. The van der Waals surface area contributed by atoms with Crippen molar-refractivity contribution in [2.45, 2.75) is 13.0 Å². The molecule has 4 rings (SSSR count). The molecule has 0 amide bonds. The zero-order chi connectivity index (χ0) is 16.5. The summed E-state index contributed by atoms with van der Waals surface area (Å²) >= 11 is 0. The summed E-state index contributed by atoms with van der Waals surface area (Å²) in [6, 6.07) is 22.1. The lowest BCUT2D eigenvalue weighted by Gasteiger charge is -2.08. The molecule has 0 spiro atoms. The van der Waals surface area contributed by atoms with Crippen LogP contribution in [0.3, 0.4) is 0 Å². The van der Waals surface area contributed by atoms with Gasteiger partial charge in [0.05, 0.1) is 5.56 Å². The number of para-hydroxylation sites is 2. The zero-order valence-corrected chi connectivity index (χ0v) is 13.1. The first-order chi connectivity index (χ1) is 11.8. The summed E-state index contributed by atoms with van der Waals surface area (Å²) in [5.41, 5.74) is 3.81. The highest BCUT2D eigenvalue weighted by atomic mass is 16.3. The molecule has 3 heteroatoms. The Morgan fingerprint density at radius 3 is 2.12 bits per heavy atom. The van der Waals surface area contributed by atoms with Gasteiger partial charge in [-0.25, -0.2) is 0 Å². The number of aromatic hydroxyl groups is 1. The number of benzene rings is 3. The highest BCUT2D eigenvalue weighted by Crippen LogP contribution is 2.29. The summed E-state index contributed by atoms with van der Waals surface area (Å²) in [4.78, 5) is 11.0. The van der Waals surface area contributed by atoms with Crippen LogP contribution in [0, 0.1) is 0 Å². The van der Waals surface area contributed by atoms with E-state index in [0.717, 1.165) is 18.5 Å². The number of carbonyl (C=O) groups is 1. The second kappa shape index (κ2) is 5.85. The normalized spacial score (nSPS) is 11.2. The van der Waals surface area contributed by atoms with Crippen LogP contribution in [0.1, 0.15) is 15.9 Å². The van der Waals surface area contributed by atoms with E-state index in [-0.39, 0.29) is 5.75 Å². The van der Waals surface area contributed by atoms with Gasteiger partial charge in [0, 0.05) is 28.4 Å². The Balaban J connectivity index is 1.75. The first-order valence-electron chi connectivity index (χ1n) is 8.01. The van der Waals surface area contributed by atoms with E-state index in [1.807, 2.05) is 6.07 Å². The SMILES string of the molecule is O=Cc1cc(CCn2c3ccccc3c3ccccc32)ccc1O. The lowest BCUT2D eigenvalue weighted by atomic mass is 10.1. The predicted octanol–water partition coefficient (Wildman–Crippen LogP) is 4.56. The molecule has 118 valence electrons. The molecular formula is C21H17NO2. The minimum absolute atomic E-state index is 0.0330. The third-order valence-electron chi connectivity index (χ3n) is 4.52. The van der Waals surface area contributed by atoms with E-state index in [1.54, 1.807) is 12.1 Å². The number of fused-ring (bicyclic) bond motifs is 3. The first-order valence-corrected chi connectivity index (χ1v) is 8.01. The third-order valence-corrected chi connectivity index (χ3v) is 4.52. The average molecular weight is 315 g/mol. The molecule has 0 radical (unpaired) electrons. The van der Waals surface area contributed by atoms with Crippen molar-refractivity contribution in [1.82, 2.24) is 4.57 Å². The summed E-state index contributed by atoms with van der Waals surface area (Å²) in [7, 11) is 0. The molecule has 0 saturated heterocycles. The number of phenols is 1. The number of phenolic OH excluding ortho intramolecular Hbond substituents is 1. The molecule has 0 aliphatic rings. The third kappa shape index (κ3) is 2.35. The molecule has 0 aliphatic carbocycles. The first kappa shape index (κ1) is 14.5. The number of rotatable bonds is 4. The number of aromatic nitrogens is 1. The van der Waals surface area contributed by atoms with E-state index in [2.05, 4.69) is 53.1 Å².